The normalized spacial score (nSPS) is 11.9. The number of nitrogens with zero attached hydrogens (tertiary/aromatic N) is 6. The summed E-state index contributed by atoms with van der Waals surface area (Å²) >= 11 is 1.20. The molecule has 3 aromatic carbocycles. The molecule has 0 saturated heterocycles. The van der Waals surface area contributed by atoms with Crippen LogP contribution in [0.5, 0.6) is 11.5 Å². The molecule has 0 spiro atoms. The van der Waals surface area contributed by atoms with E-state index in [1.165, 1.54) is 21.9 Å². The van der Waals surface area contributed by atoms with Crippen LogP contribution in [0.1, 0.15) is 23.9 Å². The average Bonchev–Trinajstić information content (AvgIpc) is 3.71. The van der Waals surface area contributed by atoms with E-state index in [-0.39, 0.29) is 17.0 Å². The molecule has 43 heavy (non-hydrogen) atoms. The zero-order chi connectivity index (χ0) is 29.9. The third-order valence-electron chi connectivity index (χ3n) is 6.52. The second kappa shape index (κ2) is 11.7. The number of nitro groups is 1. The molecule has 214 valence electrons. The van der Waals surface area contributed by atoms with Crippen LogP contribution in [0, 0.1) is 10.1 Å². The molecule has 6 rings (SSSR count). The molecule has 0 saturated carbocycles. The highest BCUT2D eigenvalue weighted by molar-refractivity contribution is 7.15. The Morgan fingerprint density at radius 2 is 1.81 bits per heavy atom. The quantitative estimate of drug-likeness (QED) is 0.169. The highest BCUT2D eigenvalue weighted by atomic mass is 32.1. The van der Waals surface area contributed by atoms with Gasteiger partial charge in [-0.15, -0.1) is 5.10 Å². The molecule has 3 aromatic heterocycles. The van der Waals surface area contributed by atoms with Crippen molar-refractivity contribution in [2.24, 2.45) is 0 Å². The van der Waals surface area contributed by atoms with Gasteiger partial charge < -0.3 is 9.47 Å². The molecule has 0 aliphatic rings. The third kappa shape index (κ3) is 5.63. The summed E-state index contributed by atoms with van der Waals surface area (Å²) in [5, 5.41) is 20.9. The molecule has 0 atom stereocenters. The van der Waals surface area contributed by atoms with Crippen molar-refractivity contribution in [2.75, 3.05) is 13.7 Å². The van der Waals surface area contributed by atoms with Gasteiger partial charge >= 0.3 is 5.69 Å². The van der Waals surface area contributed by atoms with E-state index >= 15 is 0 Å². The number of benzene rings is 3. The van der Waals surface area contributed by atoms with Crippen molar-refractivity contribution in [1.29, 1.82) is 0 Å². The van der Waals surface area contributed by atoms with Gasteiger partial charge in [0, 0.05) is 23.4 Å². The molecular weight excluding hydrogens is 568 g/mol. The summed E-state index contributed by atoms with van der Waals surface area (Å²) in [7, 11) is 1.61. The Bertz CT molecular complexity index is 2080. The van der Waals surface area contributed by atoms with Crippen LogP contribution in [0.15, 0.2) is 83.8 Å². The summed E-state index contributed by atoms with van der Waals surface area (Å²) in [6, 6.07) is 21.7. The van der Waals surface area contributed by atoms with E-state index in [2.05, 4.69) is 10.1 Å². The maximum Gasteiger partial charge on any atom is 0.311 e. The first-order valence-corrected chi connectivity index (χ1v) is 14.1. The standard InChI is InChI=1S/C31H24N6O5S/c1-3-42-26-15-12-21(17-25(26)37(39)40)29-22(19-35(34-29)23-7-5-4-6-8-23)18-27-30(38)36-31(43-27)32-28(33-36)16-11-20-9-13-24(41-2)14-10-20/h4-19H,3H2,1-2H3/b16-11+,27-18-. The molecule has 0 fully saturated rings. The number of hydrogen-bond acceptors (Lipinski definition) is 9. The lowest BCUT2D eigenvalue weighted by atomic mass is 10.1. The Hall–Kier alpha value is -5.62. The maximum atomic E-state index is 13.3. The second-order valence-corrected chi connectivity index (χ2v) is 10.3. The van der Waals surface area contributed by atoms with Gasteiger partial charge in [0.2, 0.25) is 4.96 Å². The van der Waals surface area contributed by atoms with Gasteiger partial charge in [0.25, 0.3) is 5.56 Å². The predicted octanol–water partition coefficient (Wildman–Crippen LogP) is 5.04. The first-order chi connectivity index (χ1) is 20.9. The lowest BCUT2D eigenvalue weighted by molar-refractivity contribution is -0.385. The monoisotopic (exact) mass is 592 g/mol. The zero-order valence-electron chi connectivity index (χ0n) is 23.1. The Balaban J connectivity index is 1.41. The van der Waals surface area contributed by atoms with Gasteiger partial charge in [0.05, 0.1) is 28.9 Å². The summed E-state index contributed by atoms with van der Waals surface area (Å²) in [5.74, 6) is 1.34. The maximum absolute atomic E-state index is 13.3. The molecule has 0 aliphatic carbocycles. The smallest absolute Gasteiger partial charge is 0.311 e. The van der Waals surface area contributed by atoms with E-state index in [9.17, 15) is 14.9 Å². The largest absolute Gasteiger partial charge is 0.497 e. The minimum absolute atomic E-state index is 0.168. The van der Waals surface area contributed by atoms with Crippen LogP contribution in [0.2, 0.25) is 0 Å². The van der Waals surface area contributed by atoms with Gasteiger partial charge in [0.15, 0.2) is 11.6 Å². The van der Waals surface area contributed by atoms with Crippen molar-refractivity contribution in [1.82, 2.24) is 24.4 Å². The Morgan fingerprint density at radius 1 is 1.02 bits per heavy atom. The lowest BCUT2D eigenvalue weighted by Crippen LogP contribution is -2.23. The molecule has 0 unspecified atom stereocenters. The second-order valence-electron chi connectivity index (χ2n) is 9.27. The lowest BCUT2D eigenvalue weighted by Gasteiger charge is -2.06. The average molecular weight is 593 g/mol. The van der Waals surface area contributed by atoms with Crippen molar-refractivity contribution >= 4 is 40.2 Å². The highest BCUT2D eigenvalue weighted by Crippen LogP contribution is 2.34. The van der Waals surface area contributed by atoms with E-state index in [0.29, 0.717) is 38.7 Å². The molecule has 0 N–H and O–H groups in total. The number of nitro benzene ring substituents is 1. The molecular formula is C31H24N6O5S. The number of aromatic nitrogens is 5. The Morgan fingerprint density at radius 3 is 2.51 bits per heavy atom. The van der Waals surface area contributed by atoms with Crippen molar-refractivity contribution in [3.05, 3.63) is 121 Å². The van der Waals surface area contributed by atoms with Crippen LogP contribution < -0.4 is 19.6 Å². The summed E-state index contributed by atoms with van der Waals surface area (Å²) in [4.78, 5) is 29.6. The topological polar surface area (TPSA) is 127 Å². The highest BCUT2D eigenvalue weighted by Gasteiger charge is 2.20. The number of methoxy groups -OCH3 is 1. The van der Waals surface area contributed by atoms with E-state index < -0.39 is 4.92 Å². The van der Waals surface area contributed by atoms with Crippen LogP contribution in [0.3, 0.4) is 0 Å². The van der Waals surface area contributed by atoms with Crippen LogP contribution >= 0.6 is 11.3 Å². The van der Waals surface area contributed by atoms with Gasteiger partial charge in [0.1, 0.15) is 11.4 Å². The number of rotatable bonds is 9. The summed E-state index contributed by atoms with van der Waals surface area (Å²) in [6.45, 7) is 2.06. The number of hydrogen-bond donors (Lipinski definition) is 0. The van der Waals surface area contributed by atoms with Gasteiger partial charge in [-0.1, -0.05) is 47.7 Å². The van der Waals surface area contributed by atoms with E-state index in [0.717, 1.165) is 17.0 Å². The van der Waals surface area contributed by atoms with Gasteiger partial charge in [-0.3, -0.25) is 14.9 Å². The molecule has 0 radical (unpaired) electrons. The fourth-order valence-corrected chi connectivity index (χ4v) is 5.37. The summed E-state index contributed by atoms with van der Waals surface area (Å²) in [5.41, 5.74) is 2.81. The summed E-state index contributed by atoms with van der Waals surface area (Å²) in [6.07, 6.45) is 7.09. The van der Waals surface area contributed by atoms with Crippen molar-refractivity contribution in [2.45, 2.75) is 6.92 Å². The SMILES string of the molecule is CCOc1ccc(-c2nn(-c3ccccc3)cc2/C=c2\sc3nc(/C=C/c4ccc(OC)cc4)nn3c2=O)cc1[N+](=O)[O-]. The van der Waals surface area contributed by atoms with E-state index in [1.807, 2.05) is 60.7 Å². The van der Waals surface area contributed by atoms with Crippen molar-refractivity contribution in [3.63, 3.8) is 0 Å². The van der Waals surface area contributed by atoms with E-state index in [1.54, 1.807) is 49.2 Å². The fourth-order valence-electron chi connectivity index (χ4n) is 4.46. The van der Waals surface area contributed by atoms with Gasteiger partial charge in [-0.25, -0.2) is 4.68 Å². The fraction of sp³-hybridized carbons (Fsp3) is 0.0968. The minimum Gasteiger partial charge on any atom is -0.497 e. The minimum atomic E-state index is -0.484. The van der Waals surface area contributed by atoms with Crippen LogP contribution in [0.25, 0.3) is 40.1 Å². The molecule has 0 amide bonds. The number of fused-ring (bicyclic) bond motifs is 1. The third-order valence-corrected chi connectivity index (χ3v) is 7.48. The van der Waals surface area contributed by atoms with Gasteiger partial charge in [-0.2, -0.15) is 14.6 Å². The number of thiazole rings is 1. The molecule has 12 heteroatoms. The predicted molar refractivity (Wildman–Crippen MR) is 165 cm³/mol. The Labute approximate surface area is 248 Å². The first-order valence-electron chi connectivity index (χ1n) is 13.2. The molecule has 0 bridgehead atoms. The first kappa shape index (κ1) is 27.5. The van der Waals surface area contributed by atoms with Crippen LogP contribution in [-0.2, 0) is 0 Å². The van der Waals surface area contributed by atoms with Crippen LogP contribution in [0.4, 0.5) is 5.69 Å². The summed E-state index contributed by atoms with van der Waals surface area (Å²) < 4.78 is 14.0. The van der Waals surface area contributed by atoms with E-state index in [4.69, 9.17) is 14.6 Å². The van der Waals surface area contributed by atoms with Crippen molar-refractivity contribution < 1.29 is 14.4 Å². The molecule has 3 heterocycles. The number of ether oxygens (including phenoxy) is 2. The molecule has 6 aromatic rings. The molecule has 0 aliphatic heterocycles. The van der Waals surface area contributed by atoms with Crippen molar-refractivity contribution in [3.8, 4) is 28.4 Å². The zero-order valence-corrected chi connectivity index (χ0v) is 23.9. The Kier molecular flexibility index (Phi) is 7.50. The molecule has 11 nitrogen and oxygen atoms in total. The van der Waals surface area contributed by atoms with Gasteiger partial charge in [-0.05, 0) is 61.0 Å². The number of para-hydroxylation sites is 1. The van der Waals surface area contributed by atoms with Crippen LogP contribution in [-0.4, -0.2) is 43.0 Å².